The van der Waals surface area contributed by atoms with Crippen molar-refractivity contribution < 1.29 is 13.2 Å². The zero-order chi connectivity index (χ0) is 13.8. The molecule has 18 heavy (non-hydrogen) atoms. The molecule has 102 valence electrons. The van der Waals surface area contributed by atoms with E-state index in [1.807, 2.05) is 6.26 Å². The fourth-order valence-corrected chi connectivity index (χ4v) is 1.80. The highest BCUT2D eigenvalue weighted by Crippen LogP contribution is 2.35. The highest BCUT2D eigenvalue weighted by Gasteiger charge is 2.33. The topological polar surface area (TPSA) is 38.0 Å². The van der Waals surface area contributed by atoms with E-state index in [0.29, 0.717) is 17.5 Å². The van der Waals surface area contributed by atoms with Gasteiger partial charge in [-0.1, -0.05) is 6.92 Å². The van der Waals surface area contributed by atoms with Crippen LogP contribution in [0.15, 0.2) is 18.2 Å². The van der Waals surface area contributed by atoms with Gasteiger partial charge in [0.1, 0.15) is 0 Å². The number of anilines is 2. The molecule has 0 saturated carbocycles. The van der Waals surface area contributed by atoms with Crippen molar-refractivity contribution in [3.63, 3.8) is 0 Å². The molecular weight excluding hydrogens is 261 g/mol. The average molecular weight is 278 g/mol. The van der Waals surface area contributed by atoms with Crippen molar-refractivity contribution in [1.82, 2.24) is 0 Å². The molecule has 0 fully saturated rings. The summed E-state index contributed by atoms with van der Waals surface area (Å²) in [7, 11) is 0. The minimum atomic E-state index is -4.41. The first-order valence-electron chi connectivity index (χ1n) is 5.58. The van der Waals surface area contributed by atoms with Gasteiger partial charge in [0.2, 0.25) is 0 Å². The number of thioether (sulfide) groups is 1. The number of hydrogen-bond donors (Lipinski definition) is 2. The van der Waals surface area contributed by atoms with Gasteiger partial charge in [-0.05, 0) is 30.9 Å². The number of benzene rings is 1. The molecule has 0 spiro atoms. The quantitative estimate of drug-likeness (QED) is 0.804. The van der Waals surface area contributed by atoms with Crippen LogP contribution in [0.2, 0.25) is 0 Å². The van der Waals surface area contributed by atoms with Crippen LogP contribution in [0.5, 0.6) is 0 Å². The molecule has 0 amide bonds. The van der Waals surface area contributed by atoms with Crippen LogP contribution in [0, 0.1) is 0 Å². The number of halogens is 3. The minimum Gasteiger partial charge on any atom is -0.398 e. The third-order valence-electron chi connectivity index (χ3n) is 2.64. The Hall–Kier alpha value is -1.04. The first-order chi connectivity index (χ1) is 8.34. The van der Waals surface area contributed by atoms with Crippen molar-refractivity contribution in [2.24, 2.45) is 0 Å². The maximum absolute atomic E-state index is 12.6. The van der Waals surface area contributed by atoms with Gasteiger partial charge in [0.05, 0.1) is 5.56 Å². The van der Waals surface area contributed by atoms with Gasteiger partial charge in [-0.25, -0.2) is 0 Å². The Morgan fingerprint density at radius 2 is 2.06 bits per heavy atom. The van der Waals surface area contributed by atoms with Crippen LogP contribution in [0.3, 0.4) is 0 Å². The lowest BCUT2D eigenvalue weighted by Gasteiger charge is -2.14. The predicted octanol–water partition coefficient (Wildman–Crippen LogP) is 3.84. The summed E-state index contributed by atoms with van der Waals surface area (Å²) in [5.41, 5.74) is 4.74. The number of nitrogens with two attached hydrogens (primary N) is 1. The highest BCUT2D eigenvalue weighted by molar-refractivity contribution is 7.99. The molecule has 1 aromatic rings. The molecule has 3 N–H and O–H groups in total. The zero-order valence-corrected chi connectivity index (χ0v) is 11.2. The Balaban J connectivity index is 2.68. The number of nitrogens with one attached hydrogen (secondary N) is 1. The second kappa shape index (κ2) is 6.22. The van der Waals surface area contributed by atoms with Gasteiger partial charge >= 0.3 is 6.18 Å². The Labute approximate surface area is 109 Å². The second-order valence-electron chi connectivity index (χ2n) is 4.06. The van der Waals surface area contributed by atoms with Gasteiger partial charge in [0.15, 0.2) is 0 Å². The first-order valence-corrected chi connectivity index (χ1v) is 6.86. The van der Waals surface area contributed by atoms with E-state index in [1.54, 1.807) is 17.8 Å². The summed E-state index contributed by atoms with van der Waals surface area (Å²) in [4.78, 5) is 0. The van der Waals surface area contributed by atoms with Crippen molar-refractivity contribution in [1.29, 1.82) is 0 Å². The van der Waals surface area contributed by atoms with E-state index in [1.165, 1.54) is 6.07 Å². The lowest BCUT2D eigenvalue weighted by Crippen LogP contribution is -2.11. The third-order valence-corrected chi connectivity index (χ3v) is 3.68. The summed E-state index contributed by atoms with van der Waals surface area (Å²) in [6.45, 7) is 2.72. The van der Waals surface area contributed by atoms with Gasteiger partial charge in [-0.15, -0.1) is 0 Å². The maximum atomic E-state index is 12.6. The average Bonchev–Trinajstić information content (AvgIpc) is 2.29. The fourth-order valence-electron chi connectivity index (χ4n) is 1.45. The van der Waals surface area contributed by atoms with E-state index >= 15 is 0 Å². The van der Waals surface area contributed by atoms with Crippen LogP contribution < -0.4 is 11.1 Å². The van der Waals surface area contributed by atoms with Crippen LogP contribution >= 0.6 is 11.8 Å². The molecule has 0 aliphatic rings. The summed E-state index contributed by atoms with van der Waals surface area (Å²) in [5.74, 6) is 0. The molecule has 0 radical (unpaired) electrons. The van der Waals surface area contributed by atoms with Gasteiger partial charge in [-0.3, -0.25) is 0 Å². The Kier molecular flexibility index (Phi) is 5.19. The summed E-state index contributed by atoms with van der Waals surface area (Å²) >= 11 is 1.73. The molecule has 1 aromatic carbocycles. The van der Waals surface area contributed by atoms with E-state index < -0.39 is 11.7 Å². The van der Waals surface area contributed by atoms with Crippen molar-refractivity contribution in [2.45, 2.75) is 24.8 Å². The molecule has 0 heterocycles. The van der Waals surface area contributed by atoms with Crippen molar-refractivity contribution in [2.75, 3.05) is 23.9 Å². The smallest absolute Gasteiger partial charge is 0.398 e. The molecule has 0 saturated heterocycles. The monoisotopic (exact) mass is 278 g/mol. The summed E-state index contributed by atoms with van der Waals surface area (Å²) < 4.78 is 37.9. The first kappa shape index (κ1) is 15.0. The number of alkyl halides is 3. The van der Waals surface area contributed by atoms with E-state index in [-0.39, 0.29) is 5.69 Å². The van der Waals surface area contributed by atoms with Gasteiger partial charge in [0, 0.05) is 23.2 Å². The number of nitrogen functional groups attached to an aromatic ring is 1. The number of hydrogen-bond acceptors (Lipinski definition) is 3. The Bertz CT molecular complexity index is 393. The van der Waals surface area contributed by atoms with E-state index in [2.05, 4.69) is 12.2 Å². The van der Waals surface area contributed by atoms with Crippen molar-refractivity contribution in [3.8, 4) is 0 Å². The Morgan fingerprint density at radius 3 is 2.61 bits per heavy atom. The molecule has 0 aliphatic carbocycles. The van der Waals surface area contributed by atoms with Crippen molar-refractivity contribution >= 4 is 23.1 Å². The highest BCUT2D eigenvalue weighted by atomic mass is 32.2. The molecule has 0 aliphatic heterocycles. The molecule has 1 rings (SSSR count). The minimum absolute atomic E-state index is 0.245. The second-order valence-corrected chi connectivity index (χ2v) is 5.34. The van der Waals surface area contributed by atoms with Crippen LogP contribution in [-0.2, 0) is 6.18 Å². The van der Waals surface area contributed by atoms with E-state index in [0.717, 1.165) is 12.5 Å². The zero-order valence-electron chi connectivity index (χ0n) is 10.3. The summed E-state index contributed by atoms with van der Waals surface area (Å²) in [6, 6.07) is 3.90. The molecule has 0 bridgehead atoms. The van der Waals surface area contributed by atoms with Crippen LogP contribution in [0.1, 0.15) is 18.9 Å². The number of rotatable bonds is 5. The fraction of sp³-hybridized carbons (Fsp3) is 0.500. The van der Waals surface area contributed by atoms with Crippen LogP contribution in [-0.4, -0.2) is 18.1 Å². The largest absolute Gasteiger partial charge is 0.418 e. The van der Waals surface area contributed by atoms with E-state index in [4.69, 9.17) is 5.73 Å². The van der Waals surface area contributed by atoms with Crippen molar-refractivity contribution in [3.05, 3.63) is 23.8 Å². The van der Waals surface area contributed by atoms with Gasteiger partial charge in [0.25, 0.3) is 0 Å². The van der Waals surface area contributed by atoms with Crippen LogP contribution in [0.25, 0.3) is 0 Å². The standard InChI is InChI=1S/C12H17F3N2S/c1-8(18-2)5-6-17-9-3-4-11(16)10(7-9)12(13,14)15/h3-4,7-8,17H,5-6,16H2,1-2H3. The van der Waals surface area contributed by atoms with E-state index in [9.17, 15) is 13.2 Å². The molecule has 6 heteroatoms. The normalized spacial score (nSPS) is 13.4. The summed E-state index contributed by atoms with van der Waals surface area (Å²) in [6.07, 6.45) is -1.50. The lowest BCUT2D eigenvalue weighted by molar-refractivity contribution is -0.136. The SMILES string of the molecule is CSC(C)CCNc1ccc(N)c(C(F)(F)F)c1. The molecule has 0 aromatic heterocycles. The lowest BCUT2D eigenvalue weighted by atomic mass is 10.1. The van der Waals surface area contributed by atoms with Gasteiger partial charge in [-0.2, -0.15) is 24.9 Å². The van der Waals surface area contributed by atoms with Crippen LogP contribution in [0.4, 0.5) is 24.5 Å². The maximum Gasteiger partial charge on any atom is 0.418 e. The molecular formula is C12H17F3N2S. The molecule has 1 atom stereocenters. The third kappa shape index (κ3) is 4.33. The Morgan fingerprint density at radius 1 is 1.39 bits per heavy atom. The predicted molar refractivity (Wildman–Crippen MR) is 71.9 cm³/mol. The molecule has 2 nitrogen and oxygen atoms in total. The summed E-state index contributed by atoms with van der Waals surface area (Å²) in [5, 5.41) is 3.46. The van der Waals surface area contributed by atoms with Gasteiger partial charge < -0.3 is 11.1 Å². The molecule has 1 unspecified atom stereocenters.